The molecule has 1 aliphatic rings. The third kappa shape index (κ3) is 3.65. The highest BCUT2D eigenvalue weighted by atomic mass is 32.2. The lowest BCUT2D eigenvalue weighted by Crippen LogP contribution is -2.47. The van der Waals surface area contributed by atoms with Gasteiger partial charge in [-0.25, -0.2) is 0 Å². The average Bonchev–Trinajstić information content (AvgIpc) is 2.38. The van der Waals surface area contributed by atoms with Crippen molar-refractivity contribution in [2.45, 2.75) is 12.8 Å². The van der Waals surface area contributed by atoms with Gasteiger partial charge in [0.1, 0.15) is 0 Å². The molecule has 0 bridgehead atoms. The van der Waals surface area contributed by atoms with Gasteiger partial charge in [-0.3, -0.25) is 0 Å². The Morgan fingerprint density at radius 2 is 1.72 bits per heavy atom. The molecule has 5 nitrogen and oxygen atoms in total. The van der Waals surface area contributed by atoms with E-state index in [9.17, 15) is 8.42 Å². The van der Waals surface area contributed by atoms with Crippen LogP contribution in [0.5, 0.6) is 0 Å². The molecule has 6 heteroatoms. The van der Waals surface area contributed by atoms with E-state index in [-0.39, 0.29) is 25.6 Å². The summed E-state index contributed by atoms with van der Waals surface area (Å²) < 4.78 is 27.5. The third-order valence-electron chi connectivity index (χ3n) is 3.15. The molecule has 0 radical (unpaired) electrons. The quantitative estimate of drug-likeness (QED) is 0.692. The third-order valence-corrected chi connectivity index (χ3v) is 5.12. The van der Waals surface area contributed by atoms with Gasteiger partial charge in [-0.15, -0.1) is 13.2 Å². The molecule has 0 saturated carbocycles. The van der Waals surface area contributed by atoms with E-state index >= 15 is 0 Å². The van der Waals surface area contributed by atoms with Crippen molar-refractivity contribution in [2.24, 2.45) is 5.92 Å². The molecule has 1 rings (SSSR count). The molecule has 1 fully saturated rings. The lowest BCUT2D eigenvalue weighted by molar-refractivity contribution is 0.167. The number of hydrogen-bond acceptors (Lipinski definition) is 3. The molecule has 1 saturated heterocycles. The van der Waals surface area contributed by atoms with Crippen molar-refractivity contribution in [2.75, 3.05) is 32.8 Å². The molecule has 1 aliphatic heterocycles. The second kappa shape index (κ2) is 7.04. The SMILES string of the molecule is C=CCN(CC=C)S(=O)(=O)N1CCC(CO)CC1. The van der Waals surface area contributed by atoms with E-state index in [1.807, 2.05) is 0 Å². The number of piperidine rings is 1. The van der Waals surface area contributed by atoms with Gasteiger partial charge in [0.05, 0.1) is 0 Å². The van der Waals surface area contributed by atoms with E-state index < -0.39 is 10.2 Å². The first-order chi connectivity index (χ1) is 8.56. The van der Waals surface area contributed by atoms with Gasteiger partial charge >= 0.3 is 0 Å². The second-order valence-corrected chi connectivity index (χ2v) is 6.36. The van der Waals surface area contributed by atoms with Crippen molar-refractivity contribution < 1.29 is 13.5 Å². The van der Waals surface area contributed by atoms with Gasteiger partial charge in [0.25, 0.3) is 10.2 Å². The highest BCUT2D eigenvalue weighted by molar-refractivity contribution is 7.86. The van der Waals surface area contributed by atoms with Gasteiger partial charge in [-0.05, 0) is 18.8 Å². The molecule has 1 N–H and O–H groups in total. The van der Waals surface area contributed by atoms with Crippen molar-refractivity contribution in [1.29, 1.82) is 0 Å². The first-order valence-electron chi connectivity index (χ1n) is 6.14. The molecular formula is C12H22N2O3S. The van der Waals surface area contributed by atoms with Crippen LogP contribution < -0.4 is 0 Å². The molecule has 104 valence electrons. The Hall–Kier alpha value is -0.690. The Labute approximate surface area is 110 Å². The largest absolute Gasteiger partial charge is 0.396 e. The van der Waals surface area contributed by atoms with Gasteiger partial charge in [0, 0.05) is 32.8 Å². The fraction of sp³-hybridized carbons (Fsp3) is 0.667. The zero-order chi connectivity index (χ0) is 13.6. The summed E-state index contributed by atoms with van der Waals surface area (Å²) in [6.07, 6.45) is 4.57. The maximum atomic E-state index is 12.4. The van der Waals surface area contributed by atoms with Crippen LogP contribution >= 0.6 is 0 Å². The minimum Gasteiger partial charge on any atom is -0.396 e. The number of rotatable bonds is 7. The Balaban J connectivity index is 2.72. The van der Waals surface area contributed by atoms with Crippen LogP contribution in [-0.4, -0.2) is 54.9 Å². The second-order valence-electron chi connectivity index (χ2n) is 4.43. The fourth-order valence-electron chi connectivity index (χ4n) is 2.04. The number of aliphatic hydroxyl groups is 1. The lowest BCUT2D eigenvalue weighted by Gasteiger charge is -2.33. The molecule has 0 aromatic carbocycles. The van der Waals surface area contributed by atoms with E-state index in [0.29, 0.717) is 25.9 Å². The molecule has 18 heavy (non-hydrogen) atoms. The number of hydrogen-bond donors (Lipinski definition) is 1. The summed E-state index contributed by atoms with van der Waals surface area (Å²) in [6, 6.07) is 0. The minimum absolute atomic E-state index is 0.136. The van der Waals surface area contributed by atoms with Crippen molar-refractivity contribution in [3.63, 3.8) is 0 Å². The van der Waals surface area contributed by atoms with Crippen molar-refractivity contribution >= 4 is 10.2 Å². The van der Waals surface area contributed by atoms with Crippen LogP contribution in [0.25, 0.3) is 0 Å². The average molecular weight is 274 g/mol. The molecule has 0 aliphatic carbocycles. The van der Waals surface area contributed by atoms with E-state index in [1.165, 1.54) is 8.61 Å². The number of aliphatic hydroxyl groups excluding tert-OH is 1. The van der Waals surface area contributed by atoms with Crippen molar-refractivity contribution in [3.8, 4) is 0 Å². The smallest absolute Gasteiger partial charge is 0.282 e. The fourth-order valence-corrected chi connectivity index (χ4v) is 3.62. The van der Waals surface area contributed by atoms with Gasteiger partial charge in [0.2, 0.25) is 0 Å². The first-order valence-corrected chi connectivity index (χ1v) is 7.53. The molecule has 0 amide bonds. The van der Waals surface area contributed by atoms with Crippen molar-refractivity contribution in [1.82, 2.24) is 8.61 Å². The van der Waals surface area contributed by atoms with E-state index in [0.717, 1.165) is 0 Å². The summed E-state index contributed by atoms with van der Waals surface area (Å²) in [5.74, 6) is 0.226. The monoisotopic (exact) mass is 274 g/mol. The summed E-state index contributed by atoms with van der Waals surface area (Å²) in [4.78, 5) is 0. The minimum atomic E-state index is -3.44. The maximum absolute atomic E-state index is 12.4. The summed E-state index contributed by atoms with van der Waals surface area (Å²) in [5.41, 5.74) is 0. The Morgan fingerprint density at radius 3 is 2.11 bits per heavy atom. The summed E-state index contributed by atoms with van der Waals surface area (Å²) in [6.45, 7) is 8.80. The highest BCUT2D eigenvalue weighted by Crippen LogP contribution is 2.20. The summed E-state index contributed by atoms with van der Waals surface area (Å²) in [5, 5.41) is 9.05. The predicted molar refractivity (Wildman–Crippen MR) is 72.3 cm³/mol. The maximum Gasteiger partial charge on any atom is 0.282 e. The molecule has 0 unspecified atom stereocenters. The highest BCUT2D eigenvalue weighted by Gasteiger charge is 2.31. The van der Waals surface area contributed by atoms with Gasteiger partial charge in [-0.2, -0.15) is 17.0 Å². The van der Waals surface area contributed by atoms with Crippen LogP contribution in [0.2, 0.25) is 0 Å². The Morgan fingerprint density at radius 1 is 1.22 bits per heavy atom. The number of nitrogens with zero attached hydrogens (tertiary/aromatic N) is 2. The molecule has 1 heterocycles. The van der Waals surface area contributed by atoms with Gasteiger partial charge in [-0.1, -0.05) is 12.2 Å². The predicted octanol–water partition coefficient (Wildman–Crippen LogP) is 0.609. The first kappa shape index (κ1) is 15.4. The van der Waals surface area contributed by atoms with Crippen LogP contribution in [0.3, 0.4) is 0 Å². The van der Waals surface area contributed by atoms with Crippen molar-refractivity contribution in [3.05, 3.63) is 25.3 Å². The molecule has 0 spiro atoms. The van der Waals surface area contributed by atoms with Crippen LogP contribution in [-0.2, 0) is 10.2 Å². The van der Waals surface area contributed by atoms with Crippen LogP contribution in [0.1, 0.15) is 12.8 Å². The Kier molecular flexibility index (Phi) is 6.01. The summed E-state index contributed by atoms with van der Waals surface area (Å²) in [7, 11) is -3.44. The standard InChI is InChI=1S/C12H22N2O3S/c1-3-7-13(8-4-2)18(16,17)14-9-5-12(11-15)6-10-14/h3-4,12,15H,1-2,5-11H2. The van der Waals surface area contributed by atoms with Gasteiger partial charge in [0.15, 0.2) is 0 Å². The normalized spacial score (nSPS) is 19.0. The van der Waals surface area contributed by atoms with Crippen LogP contribution in [0.4, 0.5) is 0 Å². The topological polar surface area (TPSA) is 60.9 Å². The zero-order valence-corrected chi connectivity index (χ0v) is 11.5. The van der Waals surface area contributed by atoms with Crippen LogP contribution in [0, 0.1) is 5.92 Å². The van der Waals surface area contributed by atoms with E-state index in [1.54, 1.807) is 12.2 Å². The van der Waals surface area contributed by atoms with E-state index in [2.05, 4.69) is 13.2 Å². The van der Waals surface area contributed by atoms with Gasteiger partial charge < -0.3 is 5.11 Å². The molecule has 0 atom stereocenters. The molecule has 0 aromatic rings. The molecule has 0 aromatic heterocycles. The van der Waals surface area contributed by atoms with E-state index in [4.69, 9.17) is 5.11 Å². The zero-order valence-electron chi connectivity index (χ0n) is 10.7. The lowest BCUT2D eigenvalue weighted by atomic mass is 10.00. The summed E-state index contributed by atoms with van der Waals surface area (Å²) >= 11 is 0. The van der Waals surface area contributed by atoms with Crippen LogP contribution in [0.15, 0.2) is 25.3 Å². The molecular weight excluding hydrogens is 252 g/mol. The Bertz CT molecular complexity index is 363.